The summed E-state index contributed by atoms with van der Waals surface area (Å²) in [5.74, 6) is 1.92. The van der Waals surface area contributed by atoms with Crippen molar-refractivity contribution < 1.29 is 0 Å². The van der Waals surface area contributed by atoms with Crippen molar-refractivity contribution in [3.8, 4) is 0 Å². The van der Waals surface area contributed by atoms with Crippen LogP contribution in [0.15, 0.2) is 37.2 Å². The van der Waals surface area contributed by atoms with Crippen molar-refractivity contribution in [2.45, 2.75) is 25.9 Å². The number of fused-ring (bicyclic) bond motifs is 2. The number of aryl methyl sites for hydroxylation is 1. The standard InChI is InChI=1S/C16H20N6/c1-20(10-13-2-3-15-18-5-6-21(15)11-13)12-14-8-19-16-9-17-4-7-22(14)16/h4-9,13H,2-3,10-12H2,1H3. The average Bonchev–Trinajstić information content (AvgIpc) is 3.14. The van der Waals surface area contributed by atoms with Crippen LogP contribution in [0.5, 0.6) is 0 Å². The van der Waals surface area contributed by atoms with E-state index in [-0.39, 0.29) is 0 Å². The molecule has 0 N–H and O–H groups in total. The molecule has 1 aliphatic heterocycles. The first-order valence-electron chi connectivity index (χ1n) is 7.74. The molecule has 6 nitrogen and oxygen atoms in total. The van der Waals surface area contributed by atoms with Gasteiger partial charge in [0, 0.05) is 50.8 Å². The maximum Gasteiger partial charge on any atom is 0.155 e. The number of hydrogen-bond acceptors (Lipinski definition) is 4. The summed E-state index contributed by atoms with van der Waals surface area (Å²) in [7, 11) is 2.18. The third kappa shape index (κ3) is 2.50. The van der Waals surface area contributed by atoms with Gasteiger partial charge < -0.3 is 9.47 Å². The minimum Gasteiger partial charge on any atom is -0.335 e. The smallest absolute Gasteiger partial charge is 0.155 e. The summed E-state index contributed by atoms with van der Waals surface area (Å²) < 4.78 is 4.40. The van der Waals surface area contributed by atoms with Crippen LogP contribution < -0.4 is 0 Å². The van der Waals surface area contributed by atoms with Crippen LogP contribution in [0.3, 0.4) is 0 Å². The van der Waals surface area contributed by atoms with Gasteiger partial charge in [0.2, 0.25) is 0 Å². The number of hydrogen-bond donors (Lipinski definition) is 0. The Morgan fingerprint density at radius 3 is 3.14 bits per heavy atom. The fourth-order valence-corrected chi connectivity index (χ4v) is 3.38. The third-order valence-electron chi connectivity index (χ3n) is 4.43. The Bertz CT molecular complexity index is 774. The van der Waals surface area contributed by atoms with Crippen LogP contribution in [0.2, 0.25) is 0 Å². The van der Waals surface area contributed by atoms with E-state index in [1.807, 2.05) is 18.6 Å². The van der Waals surface area contributed by atoms with Gasteiger partial charge in [0.05, 0.1) is 18.1 Å². The lowest BCUT2D eigenvalue weighted by Gasteiger charge is -2.28. The van der Waals surface area contributed by atoms with E-state index in [4.69, 9.17) is 0 Å². The Hall–Kier alpha value is -2.21. The average molecular weight is 296 g/mol. The molecule has 0 amide bonds. The topological polar surface area (TPSA) is 51.3 Å². The van der Waals surface area contributed by atoms with E-state index in [1.165, 1.54) is 17.9 Å². The Morgan fingerprint density at radius 1 is 1.23 bits per heavy atom. The van der Waals surface area contributed by atoms with E-state index in [0.717, 1.165) is 31.7 Å². The minimum atomic E-state index is 0.688. The highest BCUT2D eigenvalue weighted by molar-refractivity contribution is 5.36. The van der Waals surface area contributed by atoms with Gasteiger partial charge in [-0.15, -0.1) is 0 Å². The van der Waals surface area contributed by atoms with Crippen LogP contribution in [-0.4, -0.2) is 42.4 Å². The fraction of sp³-hybridized carbons (Fsp3) is 0.438. The molecule has 0 saturated heterocycles. The van der Waals surface area contributed by atoms with E-state index in [1.54, 1.807) is 12.4 Å². The minimum absolute atomic E-state index is 0.688. The molecule has 4 heterocycles. The van der Waals surface area contributed by atoms with Gasteiger partial charge >= 0.3 is 0 Å². The lowest BCUT2D eigenvalue weighted by atomic mass is 9.99. The summed E-state index contributed by atoms with van der Waals surface area (Å²) in [6, 6.07) is 0. The second kappa shape index (κ2) is 5.53. The Morgan fingerprint density at radius 2 is 2.18 bits per heavy atom. The molecule has 6 heteroatoms. The highest BCUT2D eigenvalue weighted by Gasteiger charge is 2.20. The molecular weight excluding hydrogens is 276 g/mol. The molecule has 3 aromatic heterocycles. The van der Waals surface area contributed by atoms with Gasteiger partial charge in [-0.25, -0.2) is 9.97 Å². The van der Waals surface area contributed by atoms with E-state index < -0.39 is 0 Å². The highest BCUT2D eigenvalue weighted by atomic mass is 15.1. The lowest BCUT2D eigenvalue weighted by molar-refractivity contribution is 0.227. The van der Waals surface area contributed by atoms with Crippen LogP contribution in [0.1, 0.15) is 17.9 Å². The molecule has 3 aromatic rings. The summed E-state index contributed by atoms with van der Waals surface area (Å²) in [5.41, 5.74) is 2.12. The van der Waals surface area contributed by atoms with Gasteiger partial charge in [-0.05, 0) is 19.4 Å². The molecule has 1 unspecified atom stereocenters. The van der Waals surface area contributed by atoms with Crippen molar-refractivity contribution in [2.75, 3.05) is 13.6 Å². The van der Waals surface area contributed by atoms with E-state index in [9.17, 15) is 0 Å². The van der Waals surface area contributed by atoms with E-state index in [0.29, 0.717) is 5.92 Å². The van der Waals surface area contributed by atoms with Crippen molar-refractivity contribution in [1.82, 2.24) is 28.8 Å². The van der Waals surface area contributed by atoms with Gasteiger partial charge in [-0.3, -0.25) is 9.38 Å². The lowest BCUT2D eigenvalue weighted by Crippen LogP contribution is -2.31. The molecule has 22 heavy (non-hydrogen) atoms. The predicted octanol–water partition coefficient (Wildman–Crippen LogP) is 1.62. The molecule has 0 spiro atoms. The monoisotopic (exact) mass is 296 g/mol. The van der Waals surface area contributed by atoms with Crippen LogP contribution >= 0.6 is 0 Å². The Balaban J connectivity index is 1.42. The molecule has 1 atom stereocenters. The van der Waals surface area contributed by atoms with Crippen molar-refractivity contribution >= 4 is 5.65 Å². The summed E-state index contributed by atoms with van der Waals surface area (Å²) >= 11 is 0. The van der Waals surface area contributed by atoms with Crippen molar-refractivity contribution in [3.63, 3.8) is 0 Å². The predicted molar refractivity (Wildman–Crippen MR) is 83.4 cm³/mol. The zero-order valence-corrected chi connectivity index (χ0v) is 12.8. The maximum absolute atomic E-state index is 4.40. The quantitative estimate of drug-likeness (QED) is 0.734. The number of rotatable bonds is 4. The van der Waals surface area contributed by atoms with Crippen LogP contribution in [0.25, 0.3) is 5.65 Å². The van der Waals surface area contributed by atoms with Gasteiger partial charge in [-0.2, -0.15) is 0 Å². The van der Waals surface area contributed by atoms with Crippen LogP contribution in [-0.2, 0) is 19.5 Å². The first kappa shape index (κ1) is 13.5. The molecule has 1 aliphatic rings. The second-order valence-electron chi connectivity index (χ2n) is 6.15. The molecular formula is C16H20N6. The van der Waals surface area contributed by atoms with E-state index in [2.05, 4.69) is 42.1 Å². The number of aromatic nitrogens is 5. The van der Waals surface area contributed by atoms with E-state index >= 15 is 0 Å². The summed E-state index contributed by atoms with van der Waals surface area (Å²) in [6.45, 7) is 3.07. The zero-order valence-electron chi connectivity index (χ0n) is 12.8. The molecule has 0 aliphatic carbocycles. The first-order chi connectivity index (χ1) is 10.8. The molecule has 4 rings (SSSR count). The zero-order chi connectivity index (χ0) is 14.9. The first-order valence-corrected chi connectivity index (χ1v) is 7.74. The summed E-state index contributed by atoms with van der Waals surface area (Å²) in [5, 5.41) is 0. The molecule has 114 valence electrons. The molecule has 0 saturated carbocycles. The fourth-order valence-electron chi connectivity index (χ4n) is 3.38. The van der Waals surface area contributed by atoms with Gasteiger partial charge in [0.15, 0.2) is 5.65 Å². The number of nitrogens with zero attached hydrogens (tertiary/aromatic N) is 6. The summed E-state index contributed by atoms with van der Waals surface area (Å²) in [6.07, 6.45) is 13.8. The summed E-state index contributed by atoms with van der Waals surface area (Å²) in [4.78, 5) is 15.3. The van der Waals surface area contributed by atoms with Crippen LogP contribution in [0, 0.1) is 5.92 Å². The van der Waals surface area contributed by atoms with Gasteiger partial charge in [0.1, 0.15) is 5.82 Å². The largest absolute Gasteiger partial charge is 0.335 e. The Labute approximate surface area is 129 Å². The Kier molecular flexibility index (Phi) is 3.38. The highest BCUT2D eigenvalue weighted by Crippen LogP contribution is 2.20. The van der Waals surface area contributed by atoms with Crippen molar-refractivity contribution in [2.24, 2.45) is 5.92 Å². The van der Waals surface area contributed by atoms with Crippen LogP contribution in [0.4, 0.5) is 0 Å². The SMILES string of the molecule is CN(Cc1cnc2cnccn12)CC1CCc2nccn2C1. The normalized spacial score (nSPS) is 18.0. The van der Waals surface area contributed by atoms with Crippen molar-refractivity contribution in [3.05, 3.63) is 48.7 Å². The van der Waals surface area contributed by atoms with Gasteiger partial charge in [-0.1, -0.05) is 0 Å². The molecule has 0 radical (unpaired) electrons. The molecule has 0 aromatic carbocycles. The molecule has 0 fully saturated rings. The molecule has 0 bridgehead atoms. The maximum atomic E-state index is 4.40. The van der Waals surface area contributed by atoms with Gasteiger partial charge in [0.25, 0.3) is 0 Å². The number of imidazole rings is 2. The second-order valence-corrected chi connectivity index (χ2v) is 6.15. The van der Waals surface area contributed by atoms with Crippen molar-refractivity contribution in [1.29, 1.82) is 0 Å². The third-order valence-corrected chi connectivity index (χ3v) is 4.43.